The van der Waals surface area contributed by atoms with Crippen LogP contribution in [0.5, 0.6) is 0 Å². The number of nitrogens with one attached hydrogen (secondary N) is 1. The van der Waals surface area contributed by atoms with E-state index in [1.54, 1.807) is 36.5 Å². The van der Waals surface area contributed by atoms with E-state index in [1.807, 2.05) is 4.90 Å². The van der Waals surface area contributed by atoms with E-state index in [4.69, 9.17) is 4.74 Å². The van der Waals surface area contributed by atoms with Gasteiger partial charge in [-0.1, -0.05) is 18.2 Å². The van der Waals surface area contributed by atoms with Crippen LogP contribution in [-0.2, 0) is 9.53 Å². The van der Waals surface area contributed by atoms with Gasteiger partial charge in [-0.15, -0.1) is 0 Å². The lowest BCUT2D eigenvalue weighted by Crippen LogP contribution is -2.49. The number of pyridine rings is 1. The van der Waals surface area contributed by atoms with E-state index in [-0.39, 0.29) is 30.9 Å². The molecule has 140 valence electrons. The molecule has 7 heteroatoms. The van der Waals surface area contributed by atoms with Crippen molar-refractivity contribution in [2.45, 2.75) is 43.9 Å². The van der Waals surface area contributed by atoms with Crippen molar-refractivity contribution in [1.82, 2.24) is 15.2 Å². The monoisotopic (exact) mass is 359 g/mol. The number of piperidine rings is 1. The molecular weight excluding hydrogens is 334 g/mol. The molecule has 0 spiro atoms. The number of hydrogen-bond acceptors (Lipinski definition) is 5. The molecule has 1 aromatic heterocycles. The van der Waals surface area contributed by atoms with Crippen LogP contribution in [0.2, 0.25) is 0 Å². The third-order valence-corrected chi connectivity index (χ3v) is 4.74. The number of likely N-dealkylation sites (tertiary alicyclic amines) is 1. The van der Waals surface area contributed by atoms with Gasteiger partial charge in [-0.3, -0.25) is 14.6 Å². The minimum atomic E-state index is -0.591. The molecule has 0 aromatic carbocycles. The largest absolute Gasteiger partial charge is 0.394 e. The van der Waals surface area contributed by atoms with E-state index in [9.17, 15) is 14.7 Å². The molecule has 1 aromatic rings. The lowest BCUT2D eigenvalue weighted by atomic mass is 10.0. The Labute approximate surface area is 153 Å². The molecule has 2 N–H and O–H groups in total. The Balaban J connectivity index is 1.57. The van der Waals surface area contributed by atoms with Crippen LogP contribution < -0.4 is 5.32 Å². The van der Waals surface area contributed by atoms with Crippen molar-refractivity contribution >= 4 is 11.8 Å². The van der Waals surface area contributed by atoms with Crippen molar-refractivity contribution in [2.75, 3.05) is 19.7 Å². The van der Waals surface area contributed by atoms with Crippen LogP contribution in [0.4, 0.5) is 0 Å². The maximum Gasteiger partial charge on any atom is 0.270 e. The number of carbonyl (C=O) groups excluding carboxylic acids is 2. The standard InChI is InChI=1S/C19H25N3O4/c23-13-17-15(21-19(25)16-6-2-3-9-20-16)8-7-14(26-17)12-18(24)22-10-4-1-5-11-22/h2-3,6-9,14-15,17,23H,1,4-5,10-13H2,(H,21,25)/t14-,15-,17-/m0/s1. The second-order valence-electron chi connectivity index (χ2n) is 6.64. The Morgan fingerprint density at radius 1 is 1.23 bits per heavy atom. The zero-order chi connectivity index (χ0) is 18.4. The van der Waals surface area contributed by atoms with Gasteiger partial charge in [-0.05, 0) is 31.4 Å². The quantitative estimate of drug-likeness (QED) is 0.762. The SMILES string of the molecule is O=C(N[C@H]1C=C[C@@H](CC(=O)N2CCCCC2)O[C@H]1CO)c1ccccn1. The maximum absolute atomic E-state index is 12.4. The average molecular weight is 359 g/mol. The van der Waals surface area contributed by atoms with Crippen LogP contribution in [-0.4, -0.2) is 64.8 Å². The van der Waals surface area contributed by atoms with E-state index in [0.717, 1.165) is 25.9 Å². The number of amides is 2. The van der Waals surface area contributed by atoms with Gasteiger partial charge in [-0.25, -0.2) is 0 Å². The van der Waals surface area contributed by atoms with Gasteiger partial charge in [0.25, 0.3) is 5.91 Å². The number of nitrogens with zero attached hydrogens (tertiary/aromatic N) is 2. The number of aromatic nitrogens is 1. The van der Waals surface area contributed by atoms with E-state index in [2.05, 4.69) is 10.3 Å². The Hall–Kier alpha value is -2.25. The van der Waals surface area contributed by atoms with Crippen molar-refractivity contribution in [3.8, 4) is 0 Å². The molecular formula is C19H25N3O4. The number of aliphatic hydroxyl groups is 1. The third-order valence-electron chi connectivity index (χ3n) is 4.74. The topological polar surface area (TPSA) is 91.8 Å². The summed E-state index contributed by atoms with van der Waals surface area (Å²) in [6.45, 7) is 1.37. The van der Waals surface area contributed by atoms with E-state index in [0.29, 0.717) is 5.69 Å². The van der Waals surface area contributed by atoms with E-state index < -0.39 is 12.1 Å². The van der Waals surface area contributed by atoms with Crippen LogP contribution >= 0.6 is 0 Å². The van der Waals surface area contributed by atoms with Gasteiger partial charge in [0.15, 0.2) is 0 Å². The summed E-state index contributed by atoms with van der Waals surface area (Å²) in [6.07, 6.45) is 7.69. The molecule has 0 aliphatic carbocycles. The summed E-state index contributed by atoms with van der Waals surface area (Å²) < 4.78 is 5.83. The maximum atomic E-state index is 12.4. The van der Waals surface area contributed by atoms with Crippen LogP contribution in [0.25, 0.3) is 0 Å². The van der Waals surface area contributed by atoms with Gasteiger partial charge < -0.3 is 20.1 Å². The molecule has 3 heterocycles. The summed E-state index contributed by atoms with van der Waals surface area (Å²) in [7, 11) is 0. The van der Waals surface area contributed by atoms with Gasteiger partial charge in [-0.2, -0.15) is 0 Å². The third kappa shape index (κ3) is 4.68. The van der Waals surface area contributed by atoms with Crippen LogP contribution in [0.1, 0.15) is 36.2 Å². The molecule has 1 fully saturated rings. The first-order valence-corrected chi connectivity index (χ1v) is 9.11. The molecule has 0 radical (unpaired) electrons. The molecule has 3 rings (SSSR count). The predicted molar refractivity (Wildman–Crippen MR) is 95.4 cm³/mol. The smallest absolute Gasteiger partial charge is 0.270 e. The van der Waals surface area contributed by atoms with Crippen molar-refractivity contribution in [2.24, 2.45) is 0 Å². The number of rotatable bonds is 5. The number of hydrogen-bond donors (Lipinski definition) is 2. The summed E-state index contributed by atoms with van der Waals surface area (Å²) in [5.41, 5.74) is 0.306. The molecule has 2 aliphatic heterocycles. The van der Waals surface area contributed by atoms with E-state index in [1.165, 1.54) is 6.42 Å². The summed E-state index contributed by atoms with van der Waals surface area (Å²) in [4.78, 5) is 30.5. The van der Waals surface area contributed by atoms with E-state index >= 15 is 0 Å². The first-order valence-electron chi connectivity index (χ1n) is 9.11. The molecule has 0 bridgehead atoms. The highest BCUT2D eigenvalue weighted by molar-refractivity contribution is 5.92. The lowest BCUT2D eigenvalue weighted by Gasteiger charge is -2.33. The molecule has 26 heavy (non-hydrogen) atoms. The number of ether oxygens (including phenoxy) is 1. The zero-order valence-electron chi connectivity index (χ0n) is 14.7. The fraction of sp³-hybridized carbons (Fsp3) is 0.526. The number of carbonyl (C=O) groups is 2. The summed E-state index contributed by atoms with van der Waals surface area (Å²) >= 11 is 0. The van der Waals surface area contributed by atoms with Gasteiger partial charge in [0.05, 0.1) is 25.2 Å². The van der Waals surface area contributed by atoms with Crippen LogP contribution in [0, 0.1) is 0 Å². The highest BCUT2D eigenvalue weighted by atomic mass is 16.5. The minimum absolute atomic E-state index is 0.0759. The Kier molecular flexibility index (Phi) is 6.35. The van der Waals surface area contributed by atoms with Gasteiger partial charge in [0.1, 0.15) is 11.8 Å². The Morgan fingerprint density at radius 2 is 2.04 bits per heavy atom. The fourth-order valence-corrected chi connectivity index (χ4v) is 3.30. The number of aliphatic hydroxyl groups excluding tert-OH is 1. The van der Waals surface area contributed by atoms with Crippen molar-refractivity contribution in [3.63, 3.8) is 0 Å². The van der Waals surface area contributed by atoms with Crippen LogP contribution in [0.15, 0.2) is 36.5 Å². The second kappa shape index (κ2) is 8.91. The fourth-order valence-electron chi connectivity index (χ4n) is 3.30. The summed E-state index contributed by atoms with van der Waals surface area (Å²) in [5.74, 6) is -0.253. The first-order chi connectivity index (χ1) is 12.7. The molecule has 7 nitrogen and oxygen atoms in total. The minimum Gasteiger partial charge on any atom is -0.394 e. The zero-order valence-corrected chi connectivity index (χ0v) is 14.7. The lowest BCUT2D eigenvalue weighted by molar-refractivity contribution is -0.136. The van der Waals surface area contributed by atoms with Crippen molar-refractivity contribution in [3.05, 3.63) is 42.2 Å². The Morgan fingerprint density at radius 3 is 2.73 bits per heavy atom. The highest BCUT2D eigenvalue weighted by Gasteiger charge is 2.30. The molecule has 2 amide bonds. The van der Waals surface area contributed by atoms with Gasteiger partial charge >= 0.3 is 0 Å². The molecule has 0 unspecified atom stereocenters. The van der Waals surface area contributed by atoms with Crippen LogP contribution in [0.3, 0.4) is 0 Å². The predicted octanol–water partition coefficient (Wildman–Crippen LogP) is 0.898. The molecule has 2 aliphatic rings. The summed E-state index contributed by atoms with van der Waals surface area (Å²) in [6, 6.07) is 4.63. The molecule has 3 atom stereocenters. The normalized spacial score (nSPS) is 25.7. The van der Waals surface area contributed by atoms with Gasteiger partial charge in [0.2, 0.25) is 5.91 Å². The van der Waals surface area contributed by atoms with Crippen molar-refractivity contribution < 1.29 is 19.4 Å². The molecule has 1 saturated heterocycles. The first kappa shape index (κ1) is 18.5. The van der Waals surface area contributed by atoms with Crippen molar-refractivity contribution in [1.29, 1.82) is 0 Å². The second-order valence-corrected chi connectivity index (χ2v) is 6.64. The average Bonchev–Trinajstić information content (AvgIpc) is 2.70. The Bertz CT molecular complexity index is 643. The van der Waals surface area contributed by atoms with Gasteiger partial charge in [0, 0.05) is 19.3 Å². The summed E-state index contributed by atoms with van der Waals surface area (Å²) in [5, 5.41) is 12.4. The highest BCUT2D eigenvalue weighted by Crippen LogP contribution is 2.18. The molecule has 0 saturated carbocycles.